The lowest BCUT2D eigenvalue weighted by Gasteiger charge is -2.14. The fourth-order valence-electron chi connectivity index (χ4n) is 2.80. The number of nitrogens with zero attached hydrogens (tertiary/aromatic N) is 3. The predicted molar refractivity (Wildman–Crippen MR) is 97.5 cm³/mol. The molecule has 1 aliphatic rings. The van der Waals surface area contributed by atoms with E-state index in [0.29, 0.717) is 16.8 Å². The van der Waals surface area contributed by atoms with E-state index in [1.807, 2.05) is 0 Å². The molecule has 0 atom stereocenters. The Hall–Kier alpha value is -3.34. The van der Waals surface area contributed by atoms with Crippen LogP contribution in [0.5, 0.6) is 0 Å². The van der Waals surface area contributed by atoms with Crippen molar-refractivity contribution in [2.45, 2.75) is 19.0 Å². The molecule has 0 radical (unpaired) electrons. The van der Waals surface area contributed by atoms with Crippen molar-refractivity contribution in [3.05, 3.63) is 64.0 Å². The maximum Gasteiger partial charge on any atom is 0.463 e. The molecule has 6 nitrogen and oxygen atoms in total. The summed E-state index contributed by atoms with van der Waals surface area (Å²) in [6.45, 7) is 1.60. The Morgan fingerprint density at radius 3 is 2.48 bits per heavy atom. The molecule has 160 valence electrons. The number of esters is 1. The maximum atomic E-state index is 13.4. The lowest BCUT2D eigenvalue weighted by molar-refractivity contribution is -0.297. The number of halogens is 6. The van der Waals surface area contributed by atoms with E-state index in [1.54, 1.807) is 19.1 Å². The van der Waals surface area contributed by atoms with Gasteiger partial charge in [-0.2, -0.15) is 22.0 Å². The molecule has 0 fully saturated rings. The number of cyclic esters (lactones) is 1. The normalized spacial score (nSPS) is 15.3. The summed E-state index contributed by atoms with van der Waals surface area (Å²) in [6.07, 6.45) is -5.87. The highest BCUT2D eigenvalue weighted by molar-refractivity contribution is 6.36. The molecule has 0 amide bonds. The number of ether oxygens (including phenoxy) is 1. The molecule has 3 aromatic rings. The Bertz CT molecular complexity index is 1240. The van der Waals surface area contributed by atoms with Gasteiger partial charge in [-0.25, -0.2) is 9.79 Å². The van der Waals surface area contributed by atoms with E-state index in [4.69, 9.17) is 16.3 Å². The third-order valence-electron chi connectivity index (χ3n) is 4.35. The van der Waals surface area contributed by atoms with E-state index in [0.717, 1.165) is 0 Å². The van der Waals surface area contributed by atoms with E-state index in [9.17, 15) is 26.7 Å². The van der Waals surface area contributed by atoms with Crippen LogP contribution in [0.4, 0.5) is 27.6 Å². The number of aliphatic imine (C=N–C) groups is 1. The van der Waals surface area contributed by atoms with Crippen molar-refractivity contribution in [2.24, 2.45) is 4.99 Å². The molecule has 1 aliphatic heterocycles. The maximum absolute atomic E-state index is 13.4. The van der Waals surface area contributed by atoms with Crippen LogP contribution >= 0.6 is 11.6 Å². The van der Waals surface area contributed by atoms with E-state index in [-0.39, 0.29) is 22.0 Å². The quantitative estimate of drug-likeness (QED) is 0.378. The van der Waals surface area contributed by atoms with Crippen molar-refractivity contribution < 1.29 is 35.9 Å². The fraction of sp³-hybridized carbons (Fsp3) is 0.158. The molecular formula is C19H9ClF5N3O3. The monoisotopic (exact) mass is 457 g/mol. The van der Waals surface area contributed by atoms with Crippen molar-refractivity contribution in [3.8, 4) is 11.5 Å². The molecular weight excluding hydrogens is 449 g/mol. The molecule has 1 aromatic heterocycles. The Labute approximate surface area is 175 Å². The van der Waals surface area contributed by atoms with Gasteiger partial charge >= 0.3 is 18.1 Å². The second-order valence-electron chi connectivity index (χ2n) is 6.45. The van der Waals surface area contributed by atoms with Crippen LogP contribution in [0.2, 0.25) is 5.02 Å². The highest BCUT2D eigenvalue weighted by Gasteiger charge is 2.63. The SMILES string of the molecule is Cc1cc(-c2nnc(C(F)(F)C(F)(F)F)o2)ccc1N=C1OC(=O)c2c(Cl)cccc21. The number of rotatable bonds is 3. The van der Waals surface area contributed by atoms with Gasteiger partial charge in [-0.05, 0) is 42.8 Å². The highest BCUT2D eigenvalue weighted by atomic mass is 35.5. The van der Waals surface area contributed by atoms with E-state index < -0.39 is 29.8 Å². The molecule has 0 unspecified atom stereocenters. The van der Waals surface area contributed by atoms with Crippen molar-refractivity contribution in [3.63, 3.8) is 0 Å². The topological polar surface area (TPSA) is 77.6 Å². The summed E-state index contributed by atoms with van der Waals surface area (Å²) >= 11 is 6.01. The minimum absolute atomic E-state index is 0.0169. The van der Waals surface area contributed by atoms with E-state index in [2.05, 4.69) is 19.6 Å². The van der Waals surface area contributed by atoms with Gasteiger partial charge in [0.05, 0.1) is 21.8 Å². The number of alkyl halides is 5. The first-order valence-electron chi connectivity index (χ1n) is 8.48. The molecule has 0 aliphatic carbocycles. The summed E-state index contributed by atoms with van der Waals surface area (Å²) in [5.74, 6) is -8.30. The second kappa shape index (κ2) is 7.12. The predicted octanol–water partition coefficient (Wildman–Crippen LogP) is 5.60. The largest absolute Gasteiger partial charge is 0.463 e. The first-order chi connectivity index (χ1) is 14.5. The zero-order valence-corrected chi connectivity index (χ0v) is 16.1. The summed E-state index contributed by atoms with van der Waals surface area (Å²) in [4.78, 5) is 16.3. The number of carbonyl (C=O) groups excluding carboxylic acids is 1. The third kappa shape index (κ3) is 3.54. The van der Waals surface area contributed by atoms with Gasteiger partial charge in [0.1, 0.15) is 0 Å². The van der Waals surface area contributed by atoms with Crippen LogP contribution in [0.25, 0.3) is 11.5 Å². The molecule has 0 N–H and O–H groups in total. The number of aryl methyl sites for hydroxylation is 1. The zero-order valence-electron chi connectivity index (χ0n) is 15.3. The fourth-order valence-corrected chi connectivity index (χ4v) is 3.05. The molecule has 0 spiro atoms. The lowest BCUT2D eigenvalue weighted by atomic mass is 10.1. The molecule has 2 aromatic carbocycles. The van der Waals surface area contributed by atoms with Crippen molar-refractivity contribution in [2.75, 3.05) is 0 Å². The number of benzene rings is 2. The average molecular weight is 458 g/mol. The first kappa shape index (κ1) is 20.9. The summed E-state index contributed by atoms with van der Waals surface area (Å²) in [6, 6.07) is 8.93. The van der Waals surface area contributed by atoms with Gasteiger partial charge in [0.25, 0.3) is 5.89 Å². The minimum atomic E-state index is -5.87. The molecule has 0 saturated carbocycles. The Morgan fingerprint density at radius 2 is 1.81 bits per heavy atom. The zero-order chi connectivity index (χ0) is 22.6. The number of aromatic nitrogens is 2. The van der Waals surface area contributed by atoms with Gasteiger partial charge in [-0.15, -0.1) is 10.2 Å². The smallest absolute Gasteiger partial charge is 0.415 e. The van der Waals surface area contributed by atoms with Crippen molar-refractivity contribution >= 4 is 29.2 Å². The number of hydrogen-bond acceptors (Lipinski definition) is 6. The summed E-state index contributed by atoms with van der Waals surface area (Å²) < 4.78 is 73.8. The van der Waals surface area contributed by atoms with Crippen LogP contribution in [-0.2, 0) is 10.7 Å². The Kier molecular flexibility index (Phi) is 4.80. The van der Waals surface area contributed by atoms with E-state index in [1.165, 1.54) is 24.3 Å². The first-order valence-corrected chi connectivity index (χ1v) is 8.86. The van der Waals surface area contributed by atoms with Crippen LogP contribution in [0, 0.1) is 6.92 Å². The van der Waals surface area contributed by atoms with Gasteiger partial charge in [0, 0.05) is 5.56 Å². The van der Waals surface area contributed by atoms with Gasteiger partial charge in [0.15, 0.2) is 0 Å². The van der Waals surface area contributed by atoms with Crippen LogP contribution < -0.4 is 0 Å². The van der Waals surface area contributed by atoms with Crippen molar-refractivity contribution in [1.29, 1.82) is 0 Å². The van der Waals surface area contributed by atoms with Crippen LogP contribution in [-0.4, -0.2) is 28.2 Å². The molecule has 12 heteroatoms. The Balaban J connectivity index is 1.66. The lowest BCUT2D eigenvalue weighted by Crippen LogP contribution is -2.34. The third-order valence-corrected chi connectivity index (χ3v) is 4.67. The molecule has 31 heavy (non-hydrogen) atoms. The van der Waals surface area contributed by atoms with Gasteiger partial charge < -0.3 is 9.15 Å². The van der Waals surface area contributed by atoms with Gasteiger partial charge in [-0.3, -0.25) is 0 Å². The van der Waals surface area contributed by atoms with Gasteiger partial charge in [-0.1, -0.05) is 17.7 Å². The number of carbonyl (C=O) groups is 1. The standard InChI is InChI=1S/C19H9ClF5N3O3/c1-8-7-9(14-27-28-17(31-14)18(21,22)19(23,24)25)5-6-12(8)26-15-10-3-2-4-11(20)13(10)16(29)30-15/h2-7H,1H3. The van der Waals surface area contributed by atoms with Crippen LogP contribution in [0.3, 0.4) is 0 Å². The molecule has 0 saturated heterocycles. The number of fused-ring (bicyclic) bond motifs is 1. The second-order valence-corrected chi connectivity index (χ2v) is 6.86. The molecule has 4 rings (SSSR count). The number of hydrogen-bond donors (Lipinski definition) is 0. The molecule has 2 heterocycles. The summed E-state index contributed by atoms with van der Waals surface area (Å²) in [7, 11) is 0. The van der Waals surface area contributed by atoms with Gasteiger partial charge in [0.2, 0.25) is 11.8 Å². The molecule has 0 bridgehead atoms. The Morgan fingerprint density at radius 1 is 1.06 bits per heavy atom. The highest BCUT2D eigenvalue weighted by Crippen LogP contribution is 2.43. The average Bonchev–Trinajstić information content (AvgIpc) is 3.29. The van der Waals surface area contributed by atoms with E-state index >= 15 is 0 Å². The minimum Gasteiger partial charge on any atom is -0.415 e. The summed E-state index contributed by atoms with van der Waals surface area (Å²) in [5, 5.41) is 6.31. The van der Waals surface area contributed by atoms with Crippen LogP contribution in [0.15, 0.2) is 45.8 Å². The summed E-state index contributed by atoms with van der Waals surface area (Å²) in [5.41, 5.74) is 1.50. The van der Waals surface area contributed by atoms with Crippen LogP contribution in [0.1, 0.15) is 27.4 Å². The van der Waals surface area contributed by atoms with Crippen molar-refractivity contribution in [1.82, 2.24) is 10.2 Å².